The molecule has 0 fully saturated rings. The zero-order chi connectivity index (χ0) is 24.1. The second-order valence-electron chi connectivity index (χ2n) is 8.11. The van der Waals surface area contributed by atoms with Gasteiger partial charge in [-0.15, -0.1) is 10.2 Å². The molecule has 6 nitrogen and oxygen atoms in total. The number of urea groups is 1. The van der Waals surface area contributed by atoms with Gasteiger partial charge < -0.3 is 10.6 Å². The van der Waals surface area contributed by atoms with Crippen molar-refractivity contribution in [2.75, 3.05) is 5.32 Å². The van der Waals surface area contributed by atoms with Crippen LogP contribution in [0.5, 0.6) is 0 Å². The van der Waals surface area contributed by atoms with Crippen LogP contribution in [-0.2, 0) is 12.3 Å². The third-order valence-corrected chi connectivity index (χ3v) is 6.31. The Morgan fingerprint density at radius 2 is 1.65 bits per heavy atom. The summed E-state index contributed by atoms with van der Waals surface area (Å²) in [6.45, 7) is 6.20. The third-order valence-electron chi connectivity index (χ3n) is 5.31. The lowest BCUT2D eigenvalue weighted by atomic mass is 10.1. The number of benzene rings is 3. The highest BCUT2D eigenvalue weighted by Gasteiger charge is 2.16. The molecular weight excluding hydrogens is 449 g/mol. The molecular formula is C26H26FN5OS. The lowest BCUT2D eigenvalue weighted by molar-refractivity contribution is 0.251. The molecule has 0 atom stereocenters. The van der Waals surface area contributed by atoms with Crippen molar-refractivity contribution in [2.45, 2.75) is 38.2 Å². The van der Waals surface area contributed by atoms with Gasteiger partial charge in [-0.3, -0.25) is 4.57 Å². The molecule has 0 saturated carbocycles. The highest BCUT2D eigenvalue weighted by molar-refractivity contribution is 7.98. The molecule has 0 aliphatic carbocycles. The molecule has 0 aliphatic rings. The molecule has 0 saturated heterocycles. The largest absolute Gasteiger partial charge is 0.331 e. The summed E-state index contributed by atoms with van der Waals surface area (Å²) in [4.78, 5) is 12.5. The molecule has 0 aliphatic heterocycles. The van der Waals surface area contributed by atoms with Crippen molar-refractivity contribution < 1.29 is 9.18 Å². The third kappa shape index (κ3) is 5.82. The Kier molecular flexibility index (Phi) is 7.27. The number of hydrogen-bond acceptors (Lipinski definition) is 4. The number of halogens is 1. The number of aromatic nitrogens is 3. The van der Waals surface area contributed by atoms with Crippen LogP contribution in [0.15, 0.2) is 71.9 Å². The molecule has 4 rings (SSSR count). The van der Waals surface area contributed by atoms with Crippen molar-refractivity contribution >= 4 is 23.5 Å². The summed E-state index contributed by atoms with van der Waals surface area (Å²) in [6, 6.07) is 20.0. The average molecular weight is 476 g/mol. The number of rotatable bonds is 7. The molecule has 8 heteroatoms. The summed E-state index contributed by atoms with van der Waals surface area (Å²) in [7, 11) is 0. The van der Waals surface area contributed by atoms with E-state index in [9.17, 15) is 9.18 Å². The maximum absolute atomic E-state index is 13.2. The van der Waals surface area contributed by atoms with E-state index in [1.54, 1.807) is 12.1 Å². The molecule has 1 aromatic heterocycles. The maximum Gasteiger partial charge on any atom is 0.319 e. The number of nitrogens with one attached hydrogen (secondary N) is 2. The first-order valence-electron chi connectivity index (χ1n) is 10.9. The molecule has 3 aromatic carbocycles. The van der Waals surface area contributed by atoms with E-state index in [1.807, 2.05) is 67.8 Å². The Hall–Kier alpha value is -3.65. The van der Waals surface area contributed by atoms with E-state index in [0.717, 1.165) is 33.6 Å². The maximum atomic E-state index is 13.2. The number of anilines is 1. The first-order chi connectivity index (χ1) is 16.4. The zero-order valence-electron chi connectivity index (χ0n) is 19.3. The molecule has 0 radical (unpaired) electrons. The van der Waals surface area contributed by atoms with Gasteiger partial charge in [-0.05, 0) is 62.2 Å². The van der Waals surface area contributed by atoms with Crippen LogP contribution in [0, 0.1) is 26.6 Å². The predicted octanol–water partition coefficient (Wildman–Crippen LogP) is 5.95. The molecule has 2 amide bonds. The Balaban J connectivity index is 1.51. The lowest BCUT2D eigenvalue weighted by Crippen LogP contribution is -2.29. The molecule has 174 valence electrons. The Morgan fingerprint density at radius 1 is 0.941 bits per heavy atom. The Labute approximate surface area is 202 Å². The van der Waals surface area contributed by atoms with Gasteiger partial charge in [0.1, 0.15) is 5.82 Å². The monoisotopic (exact) mass is 475 g/mol. The van der Waals surface area contributed by atoms with Crippen molar-refractivity contribution in [3.05, 3.63) is 101 Å². The van der Waals surface area contributed by atoms with Crippen molar-refractivity contribution in [1.29, 1.82) is 0 Å². The summed E-state index contributed by atoms with van der Waals surface area (Å²) in [5, 5.41) is 15.2. The van der Waals surface area contributed by atoms with E-state index in [0.29, 0.717) is 16.7 Å². The van der Waals surface area contributed by atoms with Crippen molar-refractivity contribution in [3.8, 4) is 5.69 Å². The fraction of sp³-hybridized carbons (Fsp3) is 0.192. The van der Waals surface area contributed by atoms with Crippen LogP contribution >= 0.6 is 11.8 Å². The highest BCUT2D eigenvalue weighted by Crippen LogP contribution is 2.26. The van der Waals surface area contributed by atoms with Crippen LogP contribution in [0.4, 0.5) is 14.9 Å². The smallest absolute Gasteiger partial charge is 0.319 e. The molecule has 0 unspecified atom stereocenters. The van der Waals surface area contributed by atoms with E-state index in [-0.39, 0.29) is 18.4 Å². The standard InChI is InChI=1S/C26H26FN5OS/c1-17-4-11-22(12-5-17)32-24(15-28-25(33)29-23-13-6-18(2)14-19(23)3)30-31-26(32)34-16-20-7-9-21(27)10-8-20/h4-14H,15-16H2,1-3H3,(H2,28,29,33). The van der Waals surface area contributed by atoms with E-state index in [1.165, 1.54) is 23.9 Å². The Morgan fingerprint density at radius 3 is 2.35 bits per heavy atom. The minimum absolute atomic E-state index is 0.203. The van der Waals surface area contributed by atoms with Gasteiger partial charge >= 0.3 is 6.03 Å². The number of thioether (sulfide) groups is 1. The van der Waals surface area contributed by atoms with Crippen molar-refractivity contribution in [1.82, 2.24) is 20.1 Å². The van der Waals surface area contributed by atoms with Crippen LogP contribution in [-0.4, -0.2) is 20.8 Å². The second kappa shape index (κ2) is 10.5. The van der Waals surface area contributed by atoms with Crippen molar-refractivity contribution in [2.24, 2.45) is 0 Å². The van der Waals surface area contributed by atoms with Gasteiger partial charge in [-0.25, -0.2) is 9.18 Å². The Bertz CT molecular complexity index is 1290. The molecule has 0 bridgehead atoms. The van der Waals surface area contributed by atoms with E-state index < -0.39 is 0 Å². The number of nitrogens with zero attached hydrogens (tertiary/aromatic N) is 3. The van der Waals surface area contributed by atoms with Gasteiger partial charge in [0.15, 0.2) is 11.0 Å². The van der Waals surface area contributed by atoms with Crippen LogP contribution < -0.4 is 10.6 Å². The zero-order valence-corrected chi connectivity index (χ0v) is 20.1. The molecule has 0 spiro atoms. The van der Waals surface area contributed by atoms with Crippen molar-refractivity contribution in [3.63, 3.8) is 0 Å². The summed E-state index contributed by atoms with van der Waals surface area (Å²) in [5.74, 6) is 0.968. The molecule has 1 heterocycles. The van der Waals surface area contributed by atoms with Crippen LogP contribution in [0.25, 0.3) is 5.69 Å². The van der Waals surface area contributed by atoms with Crippen LogP contribution in [0.1, 0.15) is 28.1 Å². The number of aryl methyl sites for hydroxylation is 3. The van der Waals surface area contributed by atoms with Gasteiger partial charge in [0.2, 0.25) is 0 Å². The summed E-state index contributed by atoms with van der Waals surface area (Å²) >= 11 is 1.50. The first-order valence-corrected chi connectivity index (χ1v) is 11.9. The number of carbonyl (C=O) groups excluding carboxylic acids is 1. The van der Waals surface area contributed by atoms with E-state index >= 15 is 0 Å². The fourth-order valence-electron chi connectivity index (χ4n) is 3.47. The predicted molar refractivity (Wildman–Crippen MR) is 134 cm³/mol. The molecule has 4 aromatic rings. The quantitative estimate of drug-likeness (QED) is 0.324. The van der Waals surface area contributed by atoms with Crippen LogP contribution in [0.3, 0.4) is 0 Å². The number of hydrogen-bond donors (Lipinski definition) is 2. The number of carbonyl (C=O) groups is 1. The normalized spacial score (nSPS) is 10.8. The van der Waals surface area contributed by atoms with E-state index in [4.69, 9.17) is 0 Å². The summed E-state index contributed by atoms with van der Waals surface area (Å²) in [5.41, 5.74) is 5.93. The lowest BCUT2D eigenvalue weighted by Gasteiger charge is -2.13. The van der Waals surface area contributed by atoms with Crippen LogP contribution in [0.2, 0.25) is 0 Å². The van der Waals surface area contributed by atoms with Gasteiger partial charge in [-0.2, -0.15) is 0 Å². The van der Waals surface area contributed by atoms with Gasteiger partial charge in [0, 0.05) is 17.1 Å². The minimum Gasteiger partial charge on any atom is -0.331 e. The topological polar surface area (TPSA) is 71.8 Å². The first kappa shape index (κ1) is 23.5. The van der Waals surface area contributed by atoms with Gasteiger partial charge in [0.25, 0.3) is 0 Å². The van der Waals surface area contributed by atoms with E-state index in [2.05, 4.69) is 20.8 Å². The number of amides is 2. The minimum atomic E-state index is -0.314. The average Bonchev–Trinajstić information content (AvgIpc) is 3.22. The summed E-state index contributed by atoms with van der Waals surface area (Å²) < 4.78 is 15.2. The second-order valence-corrected chi connectivity index (χ2v) is 9.05. The SMILES string of the molecule is Cc1ccc(-n2c(CNC(=O)Nc3ccc(C)cc3C)nnc2SCc2ccc(F)cc2)cc1. The van der Waals surface area contributed by atoms with Gasteiger partial charge in [0.05, 0.1) is 6.54 Å². The molecule has 2 N–H and O–H groups in total. The fourth-order valence-corrected chi connectivity index (χ4v) is 4.40. The highest BCUT2D eigenvalue weighted by atomic mass is 32.2. The molecule has 34 heavy (non-hydrogen) atoms. The summed E-state index contributed by atoms with van der Waals surface area (Å²) in [6.07, 6.45) is 0. The van der Waals surface area contributed by atoms with Gasteiger partial charge in [-0.1, -0.05) is 59.3 Å².